The van der Waals surface area contributed by atoms with E-state index in [1.807, 2.05) is 85.8 Å². The molecule has 1 aromatic heterocycles. The third-order valence-corrected chi connectivity index (χ3v) is 9.24. The van der Waals surface area contributed by atoms with Crippen molar-refractivity contribution in [3.8, 4) is 5.75 Å². The number of carbonyl (C=O) groups is 1. The fraction of sp³-hybridized carbons (Fsp3) is 0.161. The minimum atomic E-state index is -3.74. The lowest BCUT2D eigenvalue weighted by Crippen LogP contribution is -2.30. The van der Waals surface area contributed by atoms with Gasteiger partial charge in [-0.25, -0.2) is 13.4 Å². The SMILES string of the molecule is CCOc1ccc2nc(N(Cc3ccccc3)C(=O)c3ccc(S(=O)(=O)N(C)Cc4ccccc4)cc3)sc2c1. The van der Waals surface area contributed by atoms with Gasteiger partial charge in [-0.05, 0) is 60.5 Å². The molecule has 9 heteroatoms. The van der Waals surface area contributed by atoms with Crippen LogP contribution >= 0.6 is 11.3 Å². The topological polar surface area (TPSA) is 79.8 Å². The van der Waals surface area contributed by atoms with Gasteiger partial charge in [-0.2, -0.15) is 4.31 Å². The van der Waals surface area contributed by atoms with E-state index in [0.717, 1.165) is 27.1 Å². The second kappa shape index (κ2) is 12.0. The minimum absolute atomic E-state index is 0.125. The summed E-state index contributed by atoms with van der Waals surface area (Å²) in [7, 11) is -2.19. The Balaban J connectivity index is 1.43. The Morgan fingerprint density at radius 1 is 0.850 bits per heavy atom. The van der Waals surface area contributed by atoms with Crippen LogP contribution in [-0.2, 0) is 23.1 Å². The largest absolute Gasteiger partial charge is 0.494 e. The number of fused-ring (bicyclic) bond motifs is 1. The lowest BCUT2D eigenvalue weighted by molar-refractivity contribution is 0.0985. The van der Waals surface area contributed by atoms with E-state index in [-0.39, 0.29) is 17.3 Å². The highest BCUT2D eigenvalue weighted by Gasteiger charge is 2.25. The van der Waals surface area contributed by atoms with Crippen LogP contribution in [0.25, 0.3) is 10.2 Å². The van der Waals surface area contributed by atoms with Crippen LogP contribution in [0.5, 0.6) is 5.75 Å². The number of nitrogens with zero attached hydrogens (tertiary/aromatic N) is 3. The van der Waals surface area contributed by atoms with Gasteiger partial charge in [0.1, 0.15) is 5.75 Å². The van der Waals surface area contributed by atoms with Crippen molar-refractivity contribution in [2.24, 2.45) is 0 Å². The molecule has 5 aromatic rings. The zero-order valence-electron chi connectivity index (χ0n) is 22.2. The quantitative estimate of drug-likeness (QED) is 0.195. The van der Waals surface area contributed by atoms with E-state index in [1.54, 1.807) is 24.1 Å². The average Bonchev–Trinajstić information content (AvgIpc) is 3.40. The first kappa shape index (κ1) is 27.5. The van der Waals surface area contributed by atoms with Gasteiger partial charge in [-0.1, -0.05) is 72.0 Å². The predicted molar refractivity (Wildman–Crippen MR) is 159 cm³/mol. The fourth-order valence-electron chi connectivity index (χ4n) is 4.29. The monoisotopic (exact) mass is 571 g/mol. The van der Waals surface area contributed by atoms with E-state index in [1.165, 1.54) is 27.8 Å². The van der Waals surface area contributed by atoms with Gasteiger partial charge in [0, 0.05) is 19.2 Å². The average molecular weight is 572 g/mol. The normalized spacial score (nSPS) is 11.6. The predicted octanol–water partition coefficient (Wildman–Crippen LogP) is 6.36. The van der Waals surface area contributed by atoms with Crippen LogP contribution < -0.4 is 9.64 Å². The van der Waals surface area contributed by atoms with E-state index < -0.39 is 10.0 Å². The van der Waals surface area contributed by atoms with Crippen molar-refractivity contribution < 1.29 is 17.9 Å². The van der Waals surface area contributed by atoms with Crippen molar-refractivity contribution in [1.82, 2.24) is 9.29 Å². The molecule has 40 heavy (non-hydrogen) atoms. The summed E-state index contributed by atoms with van der Waals surface area (Å²) in [4.78, 5) is 20.3. The first-order chi connectivity index (χ1) is 19.3. The summed E-state index contributed by atoms with van der Waals surface area (Å²) >= 11 is 1.41. The fourth-order valence-corrected chi connectivity index (χ4v) is 6.44. The summed E-state index contributed by atoms with van der Waals surface area (Å²) in [5.41, 5.74) is 2.99. The molecule has 1 heterocycles. The summed E-state index contributed by atoms with van der Waals surface area (Å²) in [5.74, 6) is 0.481. The molecule has 0 fully saturated rings. The van der Waals surface area contributed by atoms with Gasteiger partial charge in [0.25, 0.3) is 5.91 Å². The highest BCUT2D eigenvalue weighted by Crippen LogP contribution is 2.33. The number of ether oxygens (including phenoxy) is 1. The molecule has 5 rings (SSSR count). The van der Waals surface area contributed by atoms with Crippen LogP contribution in [0.4, 0.5) is 5.13 Å². The molecule has 204 valence electrons. The van der Waals surface area contributed by atoms with Crippen LogP contribution in [0.1, 0.15) is 28.4 Å². The summed E-state index contributed by atoms with van der Waals surface area (Å²) in [6, 6.07) is 30.9. The smallest absolute Gasteiger partial charge is 0.260 e. The summed E-state index contributed by atoms with van der Waals surface area (Å²) < 4.78 is 34.2. The maximum absolute atomic E-state index is 13.8. The van der Waals surface area contributed by atoms with Crippen molar-refractivity contribution in [2.45, 2.75) is 24.9 Å². The number of rotatable bonds is 10. The highest BCUT2D eigenvalue weighted by atomic mass is 32.2. The van der Waals surface area contributed by atoms with Gasteiger partial charge in [0.05, 0.1) is 28.3 Å². The summed E-state index contributed by atoms with van der Waals surface area (Å²) in [5, 5.41) is 0.553. The van der Waals surface area contributed by atoms with Crippen molar-refractivity contribution >= 4 is 42.6 Å². The first-order valence-corrected chi connectivity index (χ1v) is 15.1. The van der Waals surface area contributed by atoms with Crippen molar-refractivity contribution in [3.05, 3.63) is 120 Å². The molecular weight excluding hydrogens is 542 g/mol. The number of hydrogen-bond acceptors (Lipinski definition) is 6. The van der Waals surface area contributed by atoms with Crippen LogP contribution in [0, 0.1) is 0 Å². The lowest BCUT2D eigenvalue weighted by atomic mass is 10.1. The molecule has 0 saturated heterocycles. The molecule has 0 bridgehead atoms. The molecule has 0 spiro atoms. The second-order valence-electron chi connectivity index (χ2n) is 9.21. The number of thiazole rings is 1. The molecule has 0 saturated carbocycles. The maximum Gasteiger partial charge on any atom is 0.260 e. The zero-order chi connectivity index (χ0) is 28.1. The number of carbonyl (C=O) groups excluding carboxylic acids is 1. The van der Waals surface area contributed by atoms with Crippen LogP contribution in [0.2, 0.25) is 0 Å². The molecule has 0 aliphatic heterocycles. The van der Waals surface area contributed by atoms with Crippen molar-refractivity contribution in [1.29, 1.82) is 0 Å². The van der Waals surface area contributed by atoms with Gasteiger partial charge in [0.2, 0.25) is 10.0 Å². The van der Waals surface area contributed by atoms with E-state index in [9.17, 15) is 13.2 Å². The first-order valence-electron chi connectivity index (χ1n) is 12.8. The van der Waals surface area contributed by atoms with E-state index in [2.05, 4.69) is 0 Å². The van der Waals surface area contributed by atoms with Gasteiger partial charge >= 0.3 is 0 Å². The Kier molecular flexibility index (Phi) is 8.25. The Labute approximate surface area is 238 Å². The van der Waals surface area contributed by atoms with Crippen molar-refractivity contribution in [3.63, 3.8) is 0 Å². The number of anilines is 1. The minimum Gasteiger partial charge on any atom is -0.494 e. The van der Waals surface area contributed by atoms with Crippen molar-refractivity contribution in [2.75, 3.05) is 18.6 Å². The number of aromatic nitrogens is 1. The Hall–Kier alpha value is -4.05. The van der Waals surface area contributed by atoms with E-state index in [4.69, 9.17) is 9.72 Å². The Morgan fingerprint density at radius 2 is 1.48 bits per heavy atom. The molecule has 0 unspecified atom stereocenters. The van der Waals surface area contributed by atoms with E-state index in [0.29, 0.717) is 23.8 Å². The van der Waals surface area contributed by atoms with Gasteiger partial charge in [-0.3, -0.25) is 9.69 Å². The number of amides is 1. The molecular formula is C31H29N3O4S2. The Morgan fingerprint density at radius 3 is 2.10 bits per heavy atom. The second-order valence-corrected chi connectivity index (χ2v) is 12.3. The van der Waals surface area contributed by atoms with Crippen LogP contribution in [0.3, 0.4) is 0 Å². The maximum atomic E-state index is 13.8. The van der Waals surface area contributed by atoms with Gasteiger partial charge in [-0.15, -0.1) is 0 Å². The molecule has 0 aliphatic rings. The van der Waals surface area contributed by atoms with E-state index >= 15 is 0 Å². The molecule has 1 amide bonds. The molecule has 7 nitrogen and oxygen atoms in total. The summed E-state index contributed by atoms with van der Waals surface area (Å²) in [6.07, 6.45) is 0. The molecule has 0 atom stereocenters. The number of sulfonamides is 1. The van der Waals surface area contributed by atoms with Crippen LogP contribution in [-0.4, -0.2) is 37.3 Å². The lowest BCUT2D eigenvalue weighted by Gasteiger charge is -2.21. The van der Waals surface area contributed by atoms with Gasteiger partial charge in [0.15, 0.2) is 5.13 Å². The highest BCUT2D eigenvalue weighted by molar-refractivity contribution is 7.89. The van der Waals surface area contributed by atoms with Gasteiger partial charge < -0.3 is 4.74 Å². The summed E-state index contributed by atoms with van der Waals surface area (Å²) in [6.45, 7) is 3.05. The number of hydrogen-bond donors (Lipinski definition) is 0. The third kappa shape index (κ3) is 6.07. The third-order valence-electron chi connectivity index (χ3n) is 6.38. The standard InChI is InChI=1S/C31H29N3O4S2/c1-3-38-26-16-19-28-29(20-26)39-31(32-28)34(22-24-12-8-5-9-13-24)30(35)25-14-17-27(18-15-25)40(36,37)33(2)21-23-10-6-4-7-11-23/h4-20H,3,21-22H2,1-2H3. The molecule has 0 radical (unpaired) electrons. The molecule has 4 aromatic carbocycles. The molecule has 0 aliphatic carbocycles. The van der Waals surface area contributed by atoms with Crippen LogP contribution in [0.15, 0.2) is 108 Å². The molecule has 0 N–H and O–H groups in total. The zero-order valence-corrected chi connectivity index (χ0v) is 23.9. The number of benzene rings is 4. The Bertz CT molecular complexity index is 1700.